The average molecular weight is 548 g/mol. The molecule has 15 heteroatoms. The van der Waals surface area contributed by atoms with Crippen molar-refractivity contribution in [2.75, 3.05) is 18.6 Å². The molecule has 0 aromatic heterocycles. The van der Waals surface area contributed by atoms with E-state index in [1.54, 1.807) is 13.8 Å². The van der Waals surface area contributed by atoms with E-state index in [0.717, 1.165) is 0 Å². The van der Waals surface area contributed by atoms with Crippen molar-refractivity contribution in [2.45, 2.75) is 76.5 Å². The molecule has 0 aromatic carbocycles. The second-order valence-electron chi connectivity index (χ2n) is 8.60. The summed E-state index contributed by atoms with van der Waals surface area (Å²) in [4.78, 5) is 65.1. The Labute approximate surface area is 220 Å². The number of thioether (sulfide) groups is 1. The first-order chi connectivity index (χ1) is 17.3. The maximum Gasteiger partial charge on any atom is 0.326 e. The van der Waals surface area contributed by atoms with Crippen LogP contribution in [0, 0.1) is 5.92 Å². The second-order valence-corrected chi connectivity index (χ2v) is 9.59. The molecular formula is C22H41N7O7S. The van der Waals surface area contributed by atoms with Crippen LogP contribution in [-0.2, 0) is 24.0 Å². The lowest BCUT2D eigenvalue weighted by atomic mass is 9.96. The van der Waals surface area contributed by atoms with Crippen molar-refractivity contribution < 1.29 is 34.2 Å². The van der Waals surface area contributed by atoms with Gasteiger partial charge in [-0.3, -0.25) is 24.2 Å². The molecule has 0 bridgehead atoms. The third kappa shape index (κ3) is 14.3. The lowest BCUT2D eigenvalue weighted by Gasteiger charge is -2.28. The average Bonchev–Trinajstić information content (AvgIpc) is 2.83. The van der Waals surface area contributed by atoms with Gasteiger partial charge in [0.15, 0.2) is 5.96 Å². The number of aliphatic imine (C=N–C) groups is 1. The van der Waals surface area contributed by atoms with Crippen LogP contribution in [0.15, 0.2) is 4.99 Å². The quantitative estimate of drug-likeness (QED) is 0.0528. The van der Waals surface area contributed by atoms with E-state index in [9.17, 15) is 29.1 Å². The molecule has 212 valence electrons. The highest BCUT2D eigenvalue weighted by Gasteiger charge is 2.32. The van der Waals surface area contributed by atoms with E-state index in [1.807, 2.05) is 6.26 Å². The molecule has 0 aromatic rings. The zero-order valence-electron chi connectivity index (χ0n) is 21.6. The summed E-state index contributed by atoms with van der Waals surface area (Å²) in [6.45, 7) is 3.66. The first-order valence-electron chi connectivity index (χ1n) is 12.0. The van der Waals surface area contributed by atoms with E-state index >= 15 is 0 Å². The predicted octanol–water partition coefficient (Wildman–Crippen LogP) is -1.43. The van der Waals surface area contributed by atoms with Crippen molar-refractivity contribution in [3.63, 3.8) is 0 Å². The Morgan fingerprint density at radius 2 is 1.54 bits per heavy atom. The number of carbonyl (C=O) groups is 5. The zero-order chi connectivity index (χ0) is 28.5. The second kappa shape index (κ2) is 18.2. The van der Waals surface area contributed by atoms with Crippen LogP contribution in [0.25, 0.3) is 0 Å². The molecule has 14 nitrogen and oxygen atoms in total. The maximum atomic E-state index is 13.1. The number of carboxylic acid groups (broad SMARTS) is 2. The standard InChI is InChI=1S/C22H41N7O7S/c1-4-12(2)17(20(34)28-15(21(35)36)6-5-10-26-22(24)25)29-19(33)14(7-8-16(30)31)27-18(32)13(23)9-11-37-3/h12-15,17H,4-11,23H2,1-3H3,(H,27,32)(H,28,34)(H,29,33)(H,30,31)(H,35,36)(H4,24,25,26)/t12-,13-,14-,15-,17-/m0/s1. The highest BCUT2D eigenvalue weighted by molar-refractivity contribution is 7.98. The number of carboxylic acids is 2. The van der Waals surface area contributed by atoms with Crippen molar-refractivity contribution in [3.05, 3.63) is 0 Å². The van der Waals surface area contributed by atoms with Crippen LogP contribution in [0.1, 0.15) is 52.4 Å². The number of guanidine groups is 1. The number of nitrogens with zero attached hydrogens (tertiary/aromatic N) is 1. The van der Waals surface area contributed by atoms with Crippen molar-refractivity contribution in [1.82, 2.24) is 16.0 Å². The SMILES string of the molecule is CC[C@H](C)[C@H](NC(=O)[C@H](CCC(=O)O)NC(=O)[C@@H](N)CCSC)C(=O)N[C@@H](CCCN=C(N)N)C(=O)O. The van der Waals surface area contributed by atoms with E-state index in [4.69, 9.17) is 22.3 Å². The Hall–Kier alpha value is -3.07. The van der Waals surface area contributed by atoms with Crippen molar-refractivity contribution in [2.24, 2.45) is 28.1 Å². The van der Waals surface area contributed by atoms with Gasteiger partial charge >= 0.3 is 11.9 Å². The van der Waals surface area contributed by atoms with Gasteiger partial charge in [-0.05, 0) is 43.6 Å². The molecule has 0 saturated carbocycles. The smallest absolute Gasteiger partial charge is 0.326 e. The number of rotatable bonds is 19. The van der Waals surface area contributed by atoms with Gasteiger partial charge in [0.2, 0.25) is 17.7 Å². The fraction of sp³-hybridized carbons (Fsp3) is 0.727. The first kappa shape index (κ1) is 33.9. The van der Waals surface area contributed by atoms with E-state index in [-0.39, 0.29) is 31.8 Å². The lowest BCUT2D eigenvalue weighted by molar-refractivity contribution is -0.143. The van der Waals surface area contributed by atoms with Crippen LogP contribution in [0.2, 0.25) is 0 Å². The largest absolute Gasteiger partial charge is 0.481 e. The summed E-state index contributed by atoms with van der Waals surface area (Å²) in [5, 5.41) is 26.0. The summed E-state index contributed by atoms with van der Waals surface area (Å²) in [7, 11) is 0. The van der Waals surface area contributed by atoms with E-state index in [0.29, 0.717) is 18.6 Å². The Bertz CT molecular complexity index is 808. The Kier molecular flexibility index (Phi) is 16.7. The number of nitrogens with two attached hydrogens (primary N) is 3. The molecular weight excluding hydrogens is 506 g/mol. The normalized spacial score (nSPS) is 14.8. The van der Waals surface area contributed by atoms with E-state index in [1.165, 1.54) is 11.8 Å². The molecule has 0 spiro atoms. The minimum atomic E-state index is -1.27. The van der Waals surface area contributed by atoms with Gasteiger partial charge in [0.1, 0.15) is 18.1 Å². The van der Waals surface area contributed by atoms with Crippen LogP contribution >= 0.6 is 11.8 Å². The molecule has 0 fully saturated rings. The molecule has 0 aliphatic rings. The Balaban J connectivity index is 5.54. The van der Waals surface area contributed by atoms with Crippen LogP contribution in [0.3, 0.4) is 0 Å². The highest BCUT2D eigenvalue weighted by atomic mass is 32.2. The minimum Gasteiger partial charge on any atom is -0.481 e. The molecule has 11 N–H and O–H groups in total. The number of nitrogens with one attached hydrogen (secondary N) is 3. The maximum absolute atomic E-state index is 13.1. The number of aliphatic carboxylic acids is 2. The molecule has 0 unspecified atom stereocenters. The van der Waals surface area contributed by atoms with Gasteiger partial charge in [-0.25, -0.2) is 4.79 Å². The van der Waals surface area contributed by atoms with Gasteiger partial charge in [-0.1, -0.05) is 20.3 Å². The van der Waals surface area contributed by atoms with Crippen molar-refractivity contribution >= 4 is 47.4 Å². The van der Waals surface area contributed by atoms with Gasteiger partial charge in [-0.2, -0.15) is 11.8 Å². The molecule has 0 aliphatic heterocycles. The Morgan fingerprint density at radius 1 is 0.919 bits per heavy atom. The number of carbonyl (C=O) groups excluding carboxylic acids is 3. The molecule has 3 amide bonds. The fourth-order valence-electron chi connectivity index (χ4n) is 3.17. The molecule has 37 heavy (non-hydrogen) atoms. The summed E-state index contributed by atoms with van der Waals surface area (Å²) in [5.74, 6) is -4.46. The van der Waals surface area contributed by atoms with Crippen LogP contribution < -0.4 is 33.2 Å². The molecule has 5 atom stereocenters. The zero-order valence-corrected chi connectivity index (χ0v) is 22.4. The number of amides is 3. The molecule has 0 saturated heterocycles. The third-order valence-electron chi connectivity index (χ3n) is 5.60. The highest BCUT2D eigenvalue weighted by Crippen LogP contribution is 2.11. The van der Waals surface area contributed by atoms with Gasteiger partial charge in [0, 0.05) is 13.0 Å². The summed E-state index contributed by atoms with van der Waals surface area (Å²) < 4.78 is 0. The van der Waals surface area contributed by atoms with Gasteiger partial charge in [0.25, 0.3) is 0 Å². The molecule has 0 radical (unpaired) electrons. The van der Waals surface area contributed by atoms with Crippen LogP contribution in [0.5, 0.6) is 0 Å². The van der Waals surface area contributed by atoms with Crippen LogP contribution in [0.4, 0.5) is 0 Å². The number of hydrogen-bond acceptors (Lipinski definition) is 8. The predicted molar refractivity (Wildman–Crippen MR) is 141 cm³/mol. The van der Waals surface area contributed by atoms with Gasteiger partial charge in [-0.15, -0.1) is 0 Å². The molecule has 0 aliphatic carbocycles. The topological polar surface area (TPSA) is 252 Å². The van der Waals surface area contributed by atoms with Crippen molar-refractivity contribution in [3.8, 4) is 0 Å². The third-order valence-corrected chi connectivity index (χ3v) is 6.25. The van der Waals surface area contributed by atoms with E-state index in [2.05, 4.69) is 20.9 Å². The minimum absolute atomic E-state index is 0.0459. The molecule has 0 heterocycles. The van der Waals surface area contributed by atoms with Crippen molar-refractivity contribution in [1.29, 1.82) is 0 Å². The Morgan fingerprint density at radius 3 is 2.05 bits per heavy atom. The van der Waals surface area contributed by atoms with Crippen LogP contribution in [-0.4, -0.2) is 88.6 Å². The van der Waals surface area contributed by atoms with E-state index < -0.39 is 66.2 Å². The summed E-state index contributed by atoms with van der Waals surface area (Å²) >= 11 is 1.50. The van der Waals surface area contributed by atoms with Gasteiger partial charge in [0.05, 0.1) is 6.04 Å². The van der Waals surface area contributed by atoms with Gasteiger partial charge < -0.3 is 43.4 Å². The number of hydrogen-bond donors (Lipinski definition) is 8. The molecule has 0 rings (SSSR count). The first-order valence-corrected chi connectivity index (χ1v) is 13.4. The lowest BCUT2D eigenvalue weighted by Crippen LogP contribution is -2.58. The summed E-state index contributed by atoms with van der Waals surface area (Å²) in [5.41, 5.74) is 16.4. The monoisotopic (exact) mass is 547 g/mol. The summed E-state index contributed by atoms with van der Waals surface area (Å²) in [6.07, 6.45) is 2.38. The summed E-state index contributed by atoms with van der Waals surface area (Å²) in [6, 6.07) is -4.52. The fourth-order valence-corrected chi connectivity index (χ4v) is 3.66.